The number of aromatic nitrogens is 2. The molecule has 0 saturated carbocycles. The predicted octanol–water partition coefficient (Wildman–Crippen LogP) is -0.0670. The van der Waals surface area contributed by atoms with E-state index in [0.29, 0.717) is 0 Å². The summed E-state index contributed by atoms with van der Waals surface area (Å²) < 4.78 is 6.76. The van der Waals surface area contributed by atoms with E-state index >= 15 is 0 Å². The molecule has 0 spiro atoms. The van der Waals surface area contributed by atoms with Gasteiger partial charge in [-0.2, -0.15) is 0 Å². The highest BCUT2D eigenvalue weighted by molar-refractivity contribution is 9.11. The van der Waals surface area contributed by atoms with E-state index in [1.54, 1.807) is 6.92 Å². The quantitative estimate of drug-likeness (QED) is 0.710. The molecule has 1 aliphatic rings. The first-order valence-electron chi connectivity index (χ1n) is 6.00. The first kappa shape index (κ1) is 15.2. The average molecular weight is 347 g/mol. The number of nitrogens with zero attached hydrogens (tertiary/aromatic N) is 1. The maximum Gasteiger partial charge on any atom is 0.330 e. The first-order chi connectivity index (χ1) is 9.41. The Labute approximate surface area is 122 Å². The Morgan fingerprint density at radius 3 is 2.90 bits per heavy atom. The van der Waals surface area contributed by atoms with Gasteiger partial charge in [0.05, 0.1) is 18.3 Å². The lowest BCUT2D eigenvalue weighted by molar-refractivity contribution is -0.116. The number of aliphatic hydroxyl groups is 2. The third-order valence-electron chi connectivity index (χ3n) is 3.40. The van der Waals surface area contributed by atoms with E-state index in [2.05, 4.69) is 20.9 Å². The Bertz CT molecular complexity index is 637. The molecule has 3 atom stereocenters. The Balaban J connectivity index is 2.42. The van der Waals surface area contributed by atoms with Crippen molar-refractivity contribution in [2.24, 2.45) is 0 Å². The van der Waals surface area contributed by atoms with Crippen LogP contribution in [-0.2, 0) is 4.74 Å². The highest BCUT2D eigenvalue weighted by Gasteiger charge is 2.45. The molecule has 1 aliphatic heterocycles. The van der Waals surface area contributed by atoms with E-state index in [-0.39, 0.29) is 18.6 Å². The minimum atomic E-state index is -1.12. The van der Waals surface area contributed by atoms with Crippen LogP contribution in [-0.4, -0.2) is 38.1 Å². The molecule has 7 nitrogen and oxygen atoms in total. The molecule has 3 N–H and O–H groups in total. The van der Waals surface area contributed by atoms with Gasteiger partial charge in [-0.15, -0.1) is 0 Å². The summed E-state index contributed by atoms with van der Waals surface area (Å²) in [6.07, 6.45) is 1.37. The van der Waals surface area contributed by atoms with Gasteiger partial charge in [-0.3, -0.25) is 14.3 Å². The van der Waals surface area contributed by atoms with Crippen LogP contribution in [0.3, 0.4) is 0 Å². The smallest absolute Gasteiger partial charge is 0.330 e. The summed E-state index contributed by atoms with van der Waals surface area (Å²) in [6, 6.07) is 0. The van der Waals surface area contributed by atoms with Crippen molar-refractivity contribution < 1.29 is 14.9 Å². The van der Waals surface area contributed by atoms with Gasteiger partial charge < -0.3 is 14.9 Å². The van der Waals surface area contributed by atoms with Gasteiger partial charge >= 0.3 is 5.69 Å². The summed E-state index contributed by atoms with van der Waals surface area (Å²) in [7, 11) is 0. The summed E-state index contributed by atoms with van der Waals surface area (Å²) in [4.78, 5) is 27.1. The number of aliphatic hydroxyl groups excluding tert-OH is 2. The Morgan fingerprint density at radius 1 is 1.65 bits per heavy atom. The number of nitrogens with one attached hydrogen (secondary N) is 1. The zero-order valence-corrected chi connectivity index (χ0v) is 12.3. The van der Waals surface area contributed by atoms with Crippen LogP contribution in [0.2, 0.25) is 0 Å². The van der Waals surface area contributed by atoms with Crippen molar-refractivity contribution in [3.8, 4) is 0 Å². The predicted molar refractivity (Wildman–Crippen MR) is 75.5 cm³/mol. The molecule has 2 heterocycles. The maximum absolute atomic E-state index is 11.8. The molecule has 8 heteroatoms. The topological polar surface area (TPSA) is 105 Å². The lowest BCUT2D eigenvalue weighted by atomic mass is 10.0. The minimum absolute atomic E-state index is 0.153. The number of hydrogen-bond acceptors (Lipinski definition) is 5. The van der Waals surface area contributed by atoms with Crippen LogP contribution in [0.4, 0.5) is 0 Å². The molecule has 1 saturated heterocycles. The monoisotopic (exact) mass is 346 g/mol. The minimum Gasteiger partial charge on any atom is -0.393 e. The molecule has 3 unspecified atom stereocenters. The van der Waals surface area contributed by atoms with E-state index in [4.69, 9.17) is 4.74 Å². The number of halogens is 1. The van der Waals surface area contributed by atoms with Gasteiger partial charge in [-0.25, -0.2) is 4.79 Å². The Hall–Kier alpha value is -1.22. The Morgan fingerprint density at radius 2 is 2.35 bits per heavy atom. The lowest BCUT2D eigenvalue weighted by Gasteiger charge is -2.25. The van der Waals surface area contributed by atoms with Crippen LogP contribution >= 0.6 is 15.9 Å². The molecular weight excluding hydrogens is 332 g/mol. The van der Waals surface area contributed by atoms with Crippen molar-refractivity contribution in [3.05, 3.63) is 37.6 Å². The van der Waals surface area contributed by atoms with Crippen LogP contribution in [0, 0.1) is 0 Å². The maximum atomic E-state index is 11.8. The van der Waals surface area contributed by atoms with Crippen LogP contribution in [0.5, 0.6) is 0 Å². The number of ether oxygens (including phenoxy) is 1. The summed E-state index contributed by atoms with van der Waals surface area (Å²) in [5, 5.41) is 19.2. The van der Waals surface area contributed by atoms with Crippen LogP contribution in [0.25, 0.3) is 6.08 Å². The molecule has 110 valence electrons. The fourth-order valence-electron chi connectivity index (χ4n) is 2.09. The van der Waals surface area contributed by atoms with Gasteiger partial charge in [-0.05, 0) is 18.0 Å². The molecule has 2 rings (SSSR count). The molecule has 1 aromatic rings. The SMILES string of the molecule is CC1(CO)OC(n2cc(/C=C/Br)c(=O)[nH]c2=O)CC1O. The van der Waals surface area contributed by atoms with Crippen molar-refractivity contribution in [3.63, 3.8) is 0 Å². The van der Waals surface area contributed by atoms with Crippen molar-refractivity contribution in [2.45, 2.75) is 31.3 Å². The molecule has 1 aromatic heterocycles. The normalized spacial score (nSPS) is 30.2. The van der Waals surface area contributed by atoms with E-state index in [1.807, 2.05) is 0 Å². The van der Waals surface area contributed by atoms with Crippen LogP contribution in [0.1, 0.15) is 25.1 Å². The Kier molecular flexibility index (Phi) is 4.28. The second-order valence-electron chi connectivity index (χ2n) is 4.84. The fraction of sp³-hybridized carbons (Fsp3) is 0.500. The van der Waals surface area contributed by atoms with Crippen LogP contribution < -0.4 is 11.2 Å². The first-order valence-corrected chi connectivity index (χ1v) is 6.92. The average Bonchev–Trinajstić information content (AvgIpc) is 2.70. The molecule has 0 aliphatic carbocycles. The zero-order chi connectivity index (χ0) is 14.9. The van der Waals surface area contributed by atoms with E-state index in [0.717, 1.165) is 0 Å². The summed E-state index contributed by atoms with van der Waals surface area (Å²) in [5.74, 6) is 0. The summed E-state index contributed by atoms with van der Waals surface area (Å²) in [5.41, 5.74) is -1.98. The van der Waals surface area contributed by atoms with Crippen molar-refractivity contribution in [1.82, 2.24) is 9.55 Å². The number of aromatic amines is 1. The van der Waals surface area contributed by atoms with Gasteiger partial charge in [-0.1, -0.05) is 15.9 Å². The molecule has 0 bridgehead atoms. The zero-order valence-electron chi connectivity index (χ0n) is 10.7. The van der Waals surface area contributed by atoms with Gasteiger partial charge in [0.2, 0.25) is 0 Å². The largest absolute Gasteiger partial charge is 0.393 e. The second kappa shape index (κ2) is 5.65. The van der Waals surface area contributed by atoms with Gasteiger partial charge in [0.25, 0.3) is 5.56 Å². The lowest BCUT2D eigenvalue weighted by Crippen LogP contribution is -2.40. The highest BCUT2D eigenvalue weighted by Crippen LogP contribution is 2.35. The van der Waals surface area contributed by atoms with Crippen molar-refractivity contribution in [1.29, 1.82) is 0 Å². The molecule has 1 fully saturated rings. The molecule has 0 aromatic carbocycles. The number of hydrogen-bond donors (Lipinski definition) is 3. The molecule has 20 heavy (non-hydrogen) atoms. The summed E-state index contributed by atoms with van der Waals surface area (Å²) in [6.45, 7) is 1.20. The number of rotatable bonds is 3. The van der Waals surface area contributed by atoms with E-state index in [9.17, 15) is 19.8 Å². The second-order valence-corrected chi connectivity index (χ2v) is 5.37. The van der Waals surface area contributed by atoms with Gasteiger partial charge in [0.15, 0.2) is 0 Å². The molecule has 0 amide bonds. The fourth-order valence-corrected chi connectivity index (χ4v) is 2.38. The highest BCUT2D eigenvalue weighted by atomic mass is 79.9. The molecular formula is C12H15BrN2O5. The van der Waals surface area contributed by atoms with Crippen LogP contribution in [0.15, 0.2) is 20.8 Å². The van der Waals surface area contributed by atoms with Gasteiger partial charge in [0.1, 0.15) is 11.8 Å². The summed E-state index contributed by atoms with van der Waals surface area (Å²) >= 11 is 3.06. The third-order valence-corrected chi connectivity index (χ3v) is 3.66. The number of H-pyrrole nitrogens is 1. The van der Waals surface area contributed by atoms with E-state index < -0.39 is 29.2 Å². The standard InChI is InChI=1S/C12H15BrN2O5/c1-12(6-16)8(17)4-9(20-12)15-5-7(2-3-13)10(18)14-11(15)19/h2-3,5,8-9,16-17H,4,6H2,1H3,(H,14,18,19)/b3-2+. The van der Waals surface area contributed by atoms with Gasteiger partial charge in [0, 0.05) is 12.6 Å². The third kappa shape index (κ3) is 2.64. The van der Waals surface area contributed by atoms with Crippen molar-refractivity contribution in [2.75, 3.05) is 6.61 Å². The van der Waals surface area contributed by atoms with Crippen molar-refractivity contribution >= 4 is 22.0 Å². The van der Waals surface area contributed by atoms with E-state index in [1.165, 1.54) is 21.8 Å². The molecule has 0 radical (unpaired) electrons.